The Morgan fingerprint density at radius 2 is 1.88 bits per heavy atom. The molecule has 2 N–H and O–H groups in total. The van der Waals surface area contributed by atoms with Gasteiger partial charge in [0, 0.05) is 36.8 Å². The molecule has 24 heavy (non-hydrogen) atoms. The molecule has 0 aromatic heterocycles. The third-order valence-corrected chi connectivity index (χ3v) is 5.56. The van der Waals surface area contributed by atoms with Crippen LogP contribution in [0.25, 0.3) is 0 Å². The van der Waals surface area contributed by atoms with Crippen LogP contribution in [-0.2, 0) is 10.0 Å². The minimum Gasteiger partial charge on any atom is -0.323 e. The molecule has 1 atom stereocenters. The first-order valence-corrected chi connectivity index (χ1v) is 8.75. The highest BCUT2D eigenvalue weighted by atomic mass is 35.5. The fourth-order valence-electron chi connectivity index (χ4n) is 2.14. The van der Waals surface area contributed by atoms with Gasteiger partial charge in [-0.25, -0.2) is 8.42 Å². The van der Waals surface area contributed by atoms with Gasteiger partial charge in [0.25, 0.3) is 5.69 Å². The van der Waals surface area contributed by atoms with E-state index >= 15 is 0 Å². The van der Waals surface area contributed by atoms with E-state index in [0.29, 0.717) is 10.6 Å². The third-order valence-electron chi connectivity index (χ3n) is 3.49. The Kier molecular flexibility index (Phi) is 5.55. The summed E-state index contributed by atoms with van der Waals surface area (Å²) in [6.07, 6.45) is 0. The Bertz CT molecular complexity index is 840. The highest BCUT2D eigenvalue weighted by molar-refractivity contribution is 7.89. The van der Waals surface area contributed by atoms with Crippen LogP contribution in [-0.4, -0.2) is 31.2 Å². The van der Waals surface area contributed by atoms with Gasteiger partial charge in [0.1, 0.15) is 0 Å². The number of hydrogen-bond acceptors (Lipinski definition) is 5. The summed E-state index contributed by atoms with van der Waals surface area (Å²) in [5, 5.41) is 11.2. The summed E-state index contributed by atoms with van der Waals surface area (Å²) in [4.78, 5) is 10.0. The molecule has 2 aromatic rings. The molecule has 0 fully saturated rings. The number of hydrogen-bond donors (Lipinski definition) is 1. The number of nitrogens with two attached hydrogens (primary N) is 1. The number of nitrogens with zero attached hydrogens (tertiary/aromatic N) is 2. The van der Waals surface area contributed by atoms with Crippen LogP contribution in [0.15, 0.2) is 53.4 Å². The number of rotatable bonds is 6. The highest BCUT2D eigenvalue weighted by Gasteiger charge is 2.24. The summed E-state index contributed by atoms with van der Waals surface area (Å²) in [5.74, 6) is 0. The first kappa shape index (κ1) is 18.3. The van der Waals surface area contributed by atoms with Gasteiger partial charge in [0.05, 0.1) is 9.82 Å². The Labute approximate surface area is 144 Å². The number of nitro groups is 1. The van der Waals surface area contributed by atoms with Crippen LogP contribution in [0.4, 0.5) is 5.69 Å². The standard InChI is InChI=1S/C15H16ClN3O4S/c1-18(10-15(17)11-3-2-4-12(16)9-11)24(22,23)14-7-5-13(6-8-14)19(20)21/h2-9,15H,10,17H2,1H3/t15-/m0/s1. The predicted octanol–water partition coefficient (Wildman–Crippen LogP) is 2.57. The summed E-state index contributed by atoms with van der Waals surface area (Å²) < 4.78 is 26.2. The van der Waals surface area contributed by atoms with E-state index in [9.17, 15) is 18.5 Å². The molecule has 0 spiro atoms. The van der Waals surface area contributed by atoms with Crippen molar-refractivity contribution in [1.29, 1.82) is 0 Å². The minimum atomic E-state index is -3.80. The number of non-ortho nitro benzene ring substituents is 1. The summed E-state index contributed by atoms with van der Waals surface area (Å²) >= 11 is 5.91. The molecule has 0 saturated carbocycles. The number of sulfonamides is 1. The Hall–Kier alpha value is -2.00. The van der Waals surface area contributed by atoms with Crippen molar-refractivity contribution in [3.63, 3.8) is 0 Å². The van der Waals surface area contributed by atoms with E-state index in [1.54, 1.807) is 24.3 Å². The maximum atomic E-state index is 12.5. The van der Waals surface area contributed by atoms with E-state index in [0.717, 1.165) is 16.4 Å². The van der Waals surface area contributed by atoms with E-state index < -0.39 is 21.0 Å². The molecule has 0 unspecified atom stereocenters. The van der Waals surface area contributed by atoms with Crippen molar-refractivity contribution in [2.75, 3.05) is 13.6 Å². The molecule has 0 amide bonds. The molecule has 2 aromatic carbocycles. The Balaban J connectivity index is 2.18. The zero-order chi connectivity index (χ0) is 17.9. The monoisotopic (exact) mass is 369 g/mol. The summed E-state index contributed by atoms with van der Waals surface area (Å²) in [7, 11) is -2.39. The van der Waals surface area contributed by atoms with Crippen LogP contribution in [0.3, 0.4) is 0 Å². The van der Waals surface area contributed by atoms with Crippen LogP contribution < -0.4 is 5.73 Å². The second kappa shape index (κ2) is 7.27. The fourth-order valence-corrected chi connectivity index (χ4v) is 3.53. The number of nitro benzene ring substituents is 1. The van der Waals surface area contributed by atoms with Gasteiger partial charge >= 0.3 is 0 Å². The van der Waals surface area contributed by atoms with Gasteiger partial charge in [0.2, 0.25) is 10.0 Å². The number of likely N-dealkylation sites (N-methyl/N-ethyl adjacent to an activating group) is 1. The van der Waals surface area contributed by atoms with E-state index in [-0.39, 0.29) is 17.1 Å². The zero-order valence-corrected chi connectivity index (χ0v) is 14.4. The molecule has 0 radical (unpaired) electrons. The molecular formula is C15H16ClN3O4S. The Morgan fingerprint density at radius 1 is 1.25 bits per heavy atom. The van der Waals surface area contributed by atoms with E-state index in [4.69, 9.17) is 17.3 Å². The van der Waals surface area contributed by atoms with Crippen molar-refractivity contribution >= 4 is 27.3 Å². The van der Waals surface area contributed by atoms with Crippen molar-refractivity contribution in [2.24, 2.45) is 5.73 Å². The fraction of sp³-hybridized carbons (Fsp3) is 0.200. The van der Waals surface area contributed by atoms with Gasteiger partial charge in [-0.2, -0.15) is 4.31 Å². The van der Waals surface area contributed by atoms with E-state index in [1.165, 1.54) is 19.2 Å². The molecule has 0 aliphatic heterocycles. The molecule has 0 aliphatic rings. The molecule has 0 heterocycles. The average molecular weight is 370 g/mol. The zero-order valence-electron chi connectivity index (χ0n) is 12.8. The molecule has 0 aliphatic carbocycles. The van der Waals surface area contributed by atoms with Crippen molar-refractivity contribution in [1.82, 2.24) is 4.31 Å². The molecule has 9 heteroatoms. The van der Waals surface area contributed by atoms with Crippen LogP contribution in [0.5, 0.6) is 0 Å². The maximum Gasteiger partial charge on any atom is 0.269 e. The molecule has 128 valence electrons. The minimum absolute atomic E-state index is 0.0334. The van der Waals surface area contributed by atoms with Crippen molar-refractivity contribution in [3.8, 4) is 0 Å². The largest absolute Gasteiger partial charge is 0.323 e. The van der Waals surface area contributed by atoms with E-state index in [1.807, 2.05) is 0 Å². The first-order chi connectivity index (χ1) is 11.2. The lowest BCUT2D eigenvalue weighted by atomic mass is 10.1. The van der Waals surface area contributed by atoms with Gasteiger partial charge in [-0.3, -0.25) is 10.1 Å². The predicted molar refractivity (Wildman–Crippen MR) is 91.3 cm³/mol. The SMILES string of the molecule is CN(C[C@H](N)c1cccc(Cl)c1)S(=O)(=O)c1ccc([N+](=O)[O-])cc1. The number of halogens is 1. The van der Waals surface area contributed by atoms with Crippen molar-refractivity contribution in [2.45, 2.75) is 10.9 Å². The second-order valence-corrected chi connectivity index (χ2v) is 7.68. The molecule has 2 rings (SSSR count). The van der Waals surface area contributed by atoms with E-state index in [2.05, 4.69) is 0 Å². The molecular weight excluding hydrogens is 354 g/mol. The quantitative estimate of drug-likeness (QED) is 0.622. The summed E-state index contributed by atoms with van der Waals surface area (Å²) in [5.41, 5.74) is 6.59. The van der Waals surface area contributed by atoms with Gasteiger partial charge in [-0.15, -0.1) is 0 Å². The van der Waals surface area contributed by atoms with Crippen LogP contribution in [0, 0.1) is 10.1 Å². The van der Waals surface area contributed by atoms with Gasteiger partial charge in [-0.1, -0.05) is 23.7 Å². The lowest BCUT2D eigenvalue weighted by molar-refractivity contribution is -0.384. The molecule has 0 bridgehead atoms. The Morgan fingerprint density at radius 3 is 2.42 bits per heavy atom. The van der Waals surface area contributed by atoms with Crippen LogP contribution in [0.1, 0.15) is 11.6 Å². The van der Waals surface area contributed by atoms with Crippen LogP contribution in [0.2, 0.25) is 5.02 Å². The van der Waals surface area contributed by atoms with Gasteiger partial charge < -0.3 is 5.73 Å². The normalized spacial score (nSPS) is 13.0. The topological polar surface area (TPSA) is 107 Å². The van der Waals surface area contributed by atoms with Gasteiger partial charge in [-0.05, 0) is 29.8 Å². The first-order valence-electron chi connectivity index (χ1n) is 6.93. The summed E-state index contributed by atoms with van der Waals surface area (Å²) in [6, 6.07) is 11.0. The average Bonchev–Trinajstić information content (AvgIpc) is 2.54. The second-order valence-electron chi connectivity index (χ2n) is 5.20. The van der Waals surface area contributed by atoms with Crippen molar-refractivity contribution in [3.05, 3.63) is 69.2 Å². The molecule has 7 nitrogen and oxygen atoms in total. The lowest BCUT2D eigenvalue weighted by Crippen LogP contribution is -2.34. The number of benzene rings is 2. The van der Waals surface area contributed by atoms with Crippen molar-refractivity contribution < 1.29 is 13.3 Å². The molecule has 0 saturated heterocycles. The summed E-state index contributed by atoms with van der Waals surface area (Å²) in [6.45, 7) is 0.0413. The highest BCUT2D eigenvalue weighted by Crippen LogP contribution is 2.22. The van der Waals surface area contributed by atoms with Gasteiger partial charge in [0.15, 0.2) is 0 Å². The van der Waals surface area contributed by atoms with Crippen LogP contribution >= 0.6 is 11.6 Å². The third kappa shape index (κ3) is 4.09. The maximum absolute atomic E-state index is 12.5. The smallest absolute Gasteiger partial charge is 0.269 e. The lowest BCUT2D eigenvalue weighted by Gasteiger charge is -2.21.